The van der Waals surface area contributed by atoms with Gasteiger partial charge in [-0.3, -0.25) is 0 Å². The Bertz CT molecular complexity index is 593. The number of rotatable bonds is 4. The number of likely N-dealkylation sites (N-methyl/N-ethyl adjacent to an activating group) is 1. The molecule has 1 unspecified atom stereocenters. The highest BCUT2D eigenvalue weighted by Gasteiger charge is 2.16. The Labute approximate surface area is 128 Å². The Kier molecular flexibility index (Phi) is 5.03. The molecule has 0 radical (unpaired) electrons. The van der Waals surface area contributed by atoms with E-state index in [2.05, 4.69) is 5.32 Å². The van der Waals surface area contributed by atoms with Crippen LogP contribution >= 0.6 is 23.2 Å². The highest BCUT2D eigenvalue weighted by Crippen LogP contribution is 2.27. The minimum absolute atomic E-state index is 0.0394. The summed E-state index contributed by atoms with van der Waals surface area (Å²) in [5.74, 6) is -0.282. The number of hydrogen-bond donors (Lipinski definition) is 1. The largest absolute Gasteiger partial charge is 0.313 e. The molecule has 20 heavy (non-hydrogen) atoms. The van der Waals surface area contributed by atoms with Crippen LogP contribution in [-0.4, -0.2) is 7.05 Å². The summed E-state index contributed by atoms with van der Waals surface area (Å²) in [7, 11) is 1.84. The molecule has 0 saturated carbocycles. The average molecular weight is 312 g/mol. The number of nitrogens with one attached hydrogen (secondary N) is 1. The average Bonchev–Trinajstić information content (AvgIpc) is 2.42. The van der Waals surface area contributed by atoms with Gasteiger partial charge < -0.3 is 5.32 Å². The van der Waals surface area contributed by atoms with Gasteiger partial charge in [-0.05, 0) is 49.7 Å². The minimum atomic E-state index is -0.282. The van der Waals surface area contributed by atoms with Crippen molar-refractivity contribution in [3.05, 3.63) is 69.0 Å². The molecule has 0 heterocycles. The monoisotopic (exact) mass is 311 g/mol. The van der Waals surface area contributed by atoms with Gasteiger partial charge in [-0.25, -0.2) is 4.39 Å². The first-order valence-electron chi connectivity index (χ1n) is 6.39. The molecule has 0 amide bonds. The minimum Gasteiger partial charge on any atom is -0.313 e. The fourth-order valence-corrected chi connectivity index (χ4v) is 2.57. The third-order valence-corrected chi connectivity index (χ3v) is 4.18. The molecule has 2 rings (SSSR count). The third kappa shape index (κ3) is 3.32. The van der Waals surface area contributed by atoms with E-state index in [1.54, 1.807) is 12.1 Å². The topological polar surface area (TPSA) is 12.0 Å². The summed E-state index contributed by atoms with van der Waals surface area (Å²) >= 11 is 12.2. The lowest BCUT2D eigenvalue weighted by Crippen LogP contribution is -2.19. The molecule has 1 nitrogen and oxygen atoms in total. The van der Waals surface area contributed by atoms with Crippen LogP contribution in [-0.2, 0) is 6.42 Å². The number of hydrogen-bond acceptors (Lipinski definition) is 1. The molecule has 0 saturated heterocycles. The van der Waals surface area contributed by atoms with E-state index in [1.807, 2.05) is 32.2 Å². The molecule has 0 spiro atoms. The van der Waals surface area contributed by atoms with Crippen molar-refractivity contribution in [1.82, 2.24) is 5.32 Å². The molecule has 2 aromatic rings. The maximum atomic E-state index is 13.9. The molecule has 0 bridgehead atoms. The van der Waals surface area contributed by atoms with E-state index >= 15 is 0 Å². The van der Waals surface area contributed by atoms with Gasteiger partial charge in [0, 0.05) is 21.7 Å². The molecule has 106 valence electrons. The second-order valence-corrected chi connectivity index (χ2v) is 5.57. The van der Waals surface area contributed by atoms with E-state index in [9.17, 15) is 4.39 Å². The summed E-state index contributed by atoms with van der Waals surface area (Å²) in [6, 6.07) is 10.6. The van der Waals surface area contributed by atoms with E-state index in [0.717, 1.165) is 11.1 Å². The lowest BCUT2D eigenvalue weighted by molar-refractivity contribution is 0.554. The van der Waals surface area contributed by atoms with Gasteiger partial charge in [0.05, 0.1) is 0 Å². The lowest BCUT2D eigenvalue weighted by Gasteiger charge is -2.18. The zero-order valence-electron chi connectivity index (χ0n) is 11.4. The Balaban J connectivity index is 2.31. The second kappa shape index (κ2) is 6.57. The quantitative estimate of drug-likeness (QED) is 0.843. The molecular weight excluding hydrogens is 296 g/mol. The van der Waals surface area contributed by atoms with Crippen LogP contribution in [0.5, 0.6) is 0 Å². The van der Waals surface area contributed by atoms with Gasteiger partial charge >= 0.3 is 0 Å². The second-order valence-electron chi connectivity index (χ2n) is 4.75. The molecule has 2 aromatic carbocycles. The normalized spacial score (nSPS) is 12.4. The fraction of sp³-hybridized carbons (Fsp3) is 0.250. The van der Waals surface area contributed by atoms with Crippen LogP contribution in [0.3, 0.4) is 0 Å². The first kappa shape index (κ1) is 15.3. The Morgan fingerprint density at radius 1 is 1.15 bits per heavy atom. The molecule has 0 aromatic heterocycles. The van der Waals surface area contributed by atoms with Crippen LogP contribution in [0.1, 0.15) is 22.7 Å². The van der Waals surface area contributed by atoms with Gasteiger partial charge in [0.2, 0.25) is 0 Å². The first-order chi connectivity index (χ1) is 9.52. The molecular formula is C16H16Cl2FN. The van der Waals surface area contributed by atoms with Gasteiger partial charge in [-0.15, -0.1) is 0 Å². The Hall–Kier alpha value is -1.09. The Morgan fingerprint density at radius 3 is 2.50 bits per heavy atom. The summed E-state index contributed by atoms with van der Waals surface area (Å²) in [5, 5.41) is 4.34. The summed E-state index contributed by atoms with van der Waals surface area (Å²) in [6.45, 7) is 1.95. The van der Waals surface area contributed by atoms with Crippen LogP contribution in [0.2, 0.25) is 10.0 Å². The van der Waals surface area contributed by atoms with Crippen molar-refractivity contribution >= 4 is 23.2 Å². The lowest BCUT2D eigenvalue weighted by atomic mass is 9.98. The molecule has 1 N–H and O–H groups in total. The van der Waals surface area contributed by atoms with Gasteiger partial charge in [0.25, 0.3) is 0 Å². The van der Waals surface area contributed by atoms with Crippen molar-refractivity contribution in [1.29, 1.82) is 0 Å². The van der Waals surface area contributed by atoms with Crippen molar-refractivity contribution in [2.24, 2.45) is 0 Å². The van der Waals surface area contributed by atoms with Crippen molar-refractivity contribution in [3.63, 3.8) is 0 Å². The van der Waals surface area contributed by atoms with Gasteiger partial charge in [0.15, 0.2) is 0 Å². The maximum absolute atomic E-state index is 13.9. The highest BCUT2D eigenvalue weighted by molar-refractivity contribution is 6.31. The van der Waals surface area contributed by atoms with Crippen molar-refractivity contribution in [3.8, 4) is 0 Å². The smallest absolute Gasteiger partial charge is 0.127 e. The van der Waals surface area contributed by atoms with E-state index in [0.29, 0.717) is 22.0 Å². The van der Waals surface area contributed by atoms with E-state index in [1.165, 1.54) is 6.07 Å². The standard InChI is InChI=1S/C16H16Cl2FN/c1-10-6-7-11(8-14(10)18)16(20-2)9-12-13(17)4-3-5-15(12)19/h3-8,16,20H,9H2,1-2H3. The van der Waals surface area contributed by atoms with Crippen LogP contribution < -0.4 is 5.32 Å². The third-order valence-electron chi connectivity index (χ3n) is 3.42. The summed E-state index contributed by atoms with van der Waals surface area (Å²) in [5.41, 5.74) is 2.56. The molecule has 0 aliphatic carbocycles. The summed E-state index contributed by atoms with van der Waals surface area (Å²) in [6.07, 6.45) is 0.474. The van der Waals surface area contributed by atoms with E-state index < -0.39 is 0 Å². The number of benzene rings is 2. The maximum Gasteiger partial charge on any atom is 0.127 e. The zero-order chi connectivity index (χ0) is 14.7. The molecule has 0 aliphatic rings. The zero-order valence-corrected chi connectivity index (χ0v) is 12.9. The van der Waals surface area contributed by atoms with Crippen molar-refractivity contribution in [2.75, 3.05) is 7.05 Å². The van der Waals surface area contributed by atoms with Crippen LogP contribution in [0.4, 0.5) is 4.39 Å². The fourth-order valence-electron chi connectivity index (χ4n) is 2.14. The molecule has 4 heteroatoms. The predicted octanol–water partition coefficient (Wildman–Crippen LogP) is 4.94. The summed E-state index contributed by atoms with van der Waals surface area (Å²) in [4.78, 5) is 0. The van der Waals surface area contributed by atoms with Crippen LogP contribution in [0, 0.1) is 12.7 Å². The van der Waals surface area contributed by atoms with Crippen molar-refractivity contribution < 1.29 is 4.39 Å². The van der Waals surface area contributed by atoms with Crippen molar-refractivity contribution in [2.45, 2.75) is 19.4 Å². The highest BCUT2D eigenvalue weighted by atomic mass is 35.5. The number of aryl methyl sites for hydroxylation is 1. The van der Waals surface area contributed by atoms with E-state index in [-0.39, 0.29) is 11.9 Å². The van der Waals surface area contributed by atoms with Crippen LogP contribution in [0.25, 0.3) is 0 Å². The first-order valence-corrected chi connectivity index (χ1v) is 7.14. The van der Waals surface area contributed by atoms with Gasteiger partial charge in [-0.2, -0.15) is 0 Å². The Morgan fingerprint density at radius 2 is 1.90 bits per heavy atom. The predicted molar refractivity (Wildman–Crippen MR) is 83.1 cm³/mol. The molecule has 1 atom stereocenters. The SMILES string of the molecule is CNC(Cc1c(F)cccc1Cl)c1ccc(C)c(Cl)c1. The molecule has 0 fully saturated rings. The van der Waals surface area contributed by atoms with E-state index in [4.69, 9.17) is 23.2 Å². The van der Waals surface area contributed by atoms with Crippen LogP contribution in [0.15, 0.2) is 36.4 Å². The van der Waals surface area contributed by atoms with Gasteiger partial charge in [-0.1, -0.05) is 41.4 Å². The summed E-state index contributed by atoms with van der Waals surface area (Å²) < 4.78 is 13.9. The number of halogens is 3. The van der Waals surface area contributed by atoms with Gasteiger partial charge in [0.1, 0.15) is 5.82 Å². The molecule has 0 aliphatic heterocycles.